The van der Waals surface area contributed by atoms with E-state index in [0.717, 1.165) is 29.7 Å². The van der Waals surface area contributed by atoms with E-state index in [1.807, 2.05) is 6.07 Å². The number of pyridine rings is 1. The number of nitrogens with zero attached hydrogens (tertiary/aromatic N) is 2. The van der Waals surface area contributed by atoms with Gasteiger partial charge in [-0.05, 0) is 31.3 Å². The molecule has 2 aromatic rings. The first-order chi connectivity index (χ1) is 10.5. The van der Waals surface area contributed by atoms with Gasteiger partial charge < -0.3 is 15.3 Å². The minimum atomic E-state index is -0.439. The molecule has 22 heavy (non-hydrogen) atoms. The van der Waals surface area contributed by atoms with Crippen LogP contribution in [0.25, 0.3) is 10.9 Å². The van der Waals surface area contributed by atoms with Crippen LogP contribution in [-0.2, 0) is 0 Å². The number of likely N-dealkylation sites (N-methyl/N-ethyl adjacent to an activating group) is 1. The molecule has 0 spiro atoms. The van der Waals surface area contributed by atoms with Gasteiger partial charge in [-0.1, -0.05) is 37.0 Å². The van der Waals surface area contributed by atoms with Crippen LogP contribution in [-0.4, -0.2) is 47.3 Å². The molecule has 0 saturated carbocycles. The Hall–Kier alpha value is -1.07. The molecule has 4 nitrogen and oxygen atoms in total. The van der Waals surface area contributed by atoms with E-state index >= 15 is 0 Å². The fourth-order valence-electron chi connectivity index (χ4n) is 2.37. The minimum absolute atomic E-state index is 0.439. The molecule has 0 amide bonds. The summed E-state index contributed by atoms with van der Waals surface area (Å²) >= 11 is 12.1. The number of fused-ring (bicyclic) bond motifs is 1. The average Bonchev–Trinajstić information content (AvgIpc) is 2.51. The predicted molar refractivity (Wildman–Crippen MR) is 94.0 cm³/mol. The van der Waals surface area contributed by atoms with Crippen LogP contribution in [0.4, 0.5) is 5.69 Å². The molecule has 1 atom stereocenters. The van der Waals surface area contributed by atoms with Gasteiger partial charge in [0.2, 0.25) is 0 Å². The number of hydrogen-bond donors (Lipinski definition) is 2. The van der Waals surface area contributed by atoms with Gasteiger partial charge in [-0.2, -0.15) is 0 Å². The molecule has 0 bridgehead atoms. The zero-order chi connectivity index (χ0) is 16.1. The van der Waals surface area contributed by atoms with Crippen LogP contribution in [0, 0.1) is 0 Å². The van der Waals surface area contributed by atoms with Gasteiger partial charge in [0.25, 0.3) is 0 Å². The Morgan fingerprint density at radius 3 is 2.59 bits per heavy atom. The highest BCUT2D eigenvalue weighted by Crippen LogP contribution is 2.30. The Labute approximate surface area is 141 Å². The molecule has 1 heterocycles. The highest BCUT2D eigenvalue weighted by atomic mass is 35.5. The Morgan fingerprint density at radius 2 is 1.91 bits per heavy atom. The van der Waals surface area contributed by atoms with Crippen molar-refractivity contribution in [2.24, 2.45) is 0 Å². The molecular formula is C16H21Cl2N3O. The third kappa shape index (κ3) is 4.23. The fraction of sp³-hybridized carbons (Fsp3) is 0.438. The number of rotatable bonds is 7. The number of aliphatic hydroxyl groups is 1. The highest BCUT2D eigenvalue weighted by Gasteiger charge is 2.11. The van der Waals surface area contributed by atoms with E-state index in [9.17, 15) is 5.11 Å². The summed E-state index contributed by atoms with van der Waals surface area (Å²) in [6.07, 6.45) is 1.27. The zero-order valence-corrected chi connectivity index (χ0v) is 14.3. The van der Waals surface area contributed by atoms with E-state index < -0.39 is 6.10 Å². The van der Waals surface area contributed by atoms with E-state index in [2.05, 4.69) is 29.0 Å². The number of nitrogens with one attached hydrogen (secondary N) is 1. The Balaban J connectivity index is 2.10. The number of benzene rings is 1. The molecule has 0 fully saturated rings. The molecule has 0 aliphatic carbocycles. The van der Waals surface area contributed by atoms with Crippen LogP contribution in [0.15, 0.2) is 24.4 Å². The molecule has 2 rings (SSSR count). The number of aromatic nitrogens is 1. The van der Waals surface area contributed by atoms with E-state index in [4.69, 9.17) is 23.2 Å². The number of anilines is 1. The van der Waals surface area contributed by atoms with E-state index in [0.29, 0.717) is 23.1 Å². The Bertz CT molecular complexity index is 632. The van der Waals surface area contributed by atoms with Crippen molar-refractivity contribution in [1.82, 2.24) is 9.88 Å². The summed E-state index contributed by atoms with van der Waals surface area (Å²) in [6.45, 7) is 7.16. The molecule has 1 aromatic carbocycles. The summed E-state index contributed by atoms with van der Waals surface area (Å²) in [5, 5.41) is 15.3. The smallest absolute Gasteiger partial charge is 0.0839 e. The maximum Gasteiger partial charge on any atom is 0.0839 e. The van der Waals surface area contributed by atoms with Crippen LogP contribution < -0.4 is 5.32 Å². The number of hydrogen-bond acceptors (Lipinski definition) is 4. The first-order valence-electron chi connectivity index (χ1n) is 7.43. The van der Waals surface area contributed by atoms with Crippen molar-refractivity contribution in [2.75, 3.05) is 31.5 Å². The van der Waals surface area contributed by atoms with Crippen molar-refractivity contribution in [2.45, 2.75) is 20.0 Å². The van der Waals surface area contributed by atoms with Crippen molar-refractivity contribution in [3.63, 3.8) is 0 Å². The first-order valence-corrected chi connectivity index (χ1v) is 8.18. The highest BCUT2D eigenvalue weighted by molar-refractivity contribution is 6.42. The van der Waals surface area contributed by atoms with E-state index in [1.54, 1.807) is 18.3 Å². The van der Waals surface area contributed by atoms with Gasteiger partial charge in [-0.25, -0.2) is 0 Å². The maximum absolute atomic E-state index is 10.1. The van der Waals surface area contributed by atoms with Gasteiger partial charge >= 0.3 is 0 Å². The van der Waals surface area contributed by atoms with Crippen LogP contribution in [0.2, 0.25) is 10.0 Å². The van der Waals surface area contributed by atoms with Gasteiger partial charge in [0.1, 0.15) is 0 Å². The van der Waals surface area contributed by atoms with Gasteiger partial charge in [-0.3, -0.25) is 4.98 Å². The maximum atomic E-state index is 10.1. The molecule has 0 aliphatic heterocycles. The molecule has 120 valence electrons. The minimum Gasteiger partial charge on any atom is -0.390 e. The molecule has 1 aromatic heterocycles. The summed E-state index contributed by atoms with van der Waals surface area (Å²) in [7, 11) is 0. The van der Waals surface area contributed by atoms with Gasteiger partial charge in [0.15, 0.2) is 0 Å². The van der Waals surface area contributed by atoms with Crippen molar-refractivity contribution in [1.29, 1.82) is 0 Å². The molecule has 0 saturated heterocycles. The lowest BCUT2D eigenvalue weighted by Crippen LogP contribution is -2.35. The summed E-state index contributed by atoms with van der Waals surface area (Å²) in [5.74, 6) is 0. The fourth-order valence-corrected chi connectivity index (χ4v) is 2.69. The lowest BCUT2D eigenvalue weighted by Gasteiger charge is -2.22. The second-order valence-corrected chi connectivity index (χ2v) is 5.98. The zero-order valence-electron chi connectivity index (χ0n) is 12.8. The third-order valence-electron chi connectivity index (χ3n) is 3.68. The topological polar surface area (TPSA) is 48.4 Å². The van der Waals surface area contributed by atoms with Gasteiger partial charge in [-0.15, -0.1) is 0 Å². The second-order valence-electron chi connectivity index (χ2n) is 5.16. The molecule has 6 heteroatoms. The molecule has 0 radical (unpaired) electrons. The predicted octanol–water partition coefficient (Wildman–Crippen LogP) is 3.66. The normalized spacial score (nSPS) is 12.8. The molecular weight excluding hydrogens is 321 g/mol. The average molecular weight is 342 g/mol. The summed E-state index contributed by atoms with van der Waals surface area (Å²) in [4.78, 5) is 6.48. The largest absolute Gasteiger partial charge is 0.390 e. The monoisotopic (exact) mass is 341 g/mol. The first kappa shape index (κ1) is 17.3. The van der Waals surface area contributed by atoms with Crippen molar-refractivity contribution >= 4 is 39.8 Å². The lowest BCUT2D eigenvalue weighted by atomic mass is 10.2. The van der Waals surface area contributed by atoms with Gasteiger partial charge in [0.05, 0.1) is 21.7 Å². The van der Waals surface area contributed by atoms with Crippen molar-refractivity contribution < 1.29 is 5.11 Å². The Morgan fingerprint density at radius 1 is 1.23 bits per heavy atom. The van der Waals surface area contributed by atoms with Crippen molar-refractivity contribution in [3.8, 4) is 0 Å². The number of aliphatic hydroxyl groups excluding tert-OH is 1. The standard InChI is InChI=1S/C16H21Cl2N3O/c1-3-21(4-2)10-11(22)9-20-15-5-6-19-16-8-14(18)13(17)7-12(15)16/h5-8,11,22H,3-4,9-10H2,1-2H3,(H,19,20)/t11-/m0/s1. The summed E-state index contributed by atoms with van der Waals surface area (Å²) in [5.41, 5.74) is 1.67. The summed E-state index contributed by atoms with van der Waals surface area (Å²) < 4.78 is 0. The van der Waals surface area contributed by atoms with E-state index in [-0.39, 0.29) is 0 Å². The second kappa shape index (κ2) is 7.97. The van der Waals surface area contributed by atoms with E-state index in [1.165, 1.54) is 0 Å². The number of halogens is 2. The molecule has 0 unspecified atom stereocenters. The summed E-state index contributed by atoms with van der Waals surface area (Å²) in [6, 6.07) is 5.42. The van der Waals surface area contributed by atoms with Crippen LogP contribution in [0.3, 0.4) is 0 Å². The Kier molecular flexibility index (Phi) is 6.26. The lowest BCUT2D eigenvalue weighted by molar-refractivity contribution is 0.128. The van der Waals surface area contributed by atoms with Crippen molar-refractivity contribution in [3.05, 3.63) is 34.4 Å². The van der Waals surface area contributed by atoms with Crippen LogP contribution in [0.1, 0.15) is 13.8 Å². The third-order valence-corrected chi connectivity index (χ3v) is 4.40. The SMILES string of the molecule is CCN(CC)C[C@@H](O)CNc1ccnc2cc(Cl)c(Cl)cc12. The van der Waals surface area contributed by atoms with Gasteiger partial charge in [0, 0.05) is 30.4 Å². The molecule has 0 aliphatic rings. The molecule has 2 N–H and O–H groups in total. The van der Waals surface area contributed by atoms with Crippen LogP contribution in [0.5, 0.6) is 0 Å². The van der Waals surface area contributed by atoms with Crippen LogP contribution >= 0.6 is 23.2 Å². The quantitative estimate of drug-likeness (QED) is 0.806.